The first-order valence-electron chi connectivity index (χ1n) is 9.91. The summed E-state index contributed by atoms with van der Waals surface area (Å²) >= 11 is 0. The van der Waals surface area contributed by atoms with Crippen molar-refractivity contribution in [3.8, 4) is 5.75 Å². The molecule has 8 nitrogen and oxygen atoms in total. The summed E-state index contributed by atoms with van der Waals surface area (Å²) in [6.07, 6.45) is 0. The zero-order chi connectivity index (χ0) is 23.8. The molecule has 168 valence electrons. The van der Waals surface area contributed by atoms with Crippen molar-refractivity contribution in [2.45, 2.75) is 18.7 Å². The number of hydrogen-bond donors (Lipinski definition) is 3. The predicted molar refractivity (Wildman–Crippen MR) is 125 cm³/mol. The van der Waals surface area contributed by atoms with E-state index in [0.717, 1.165) is 11.1 Å². The number of hydrogen-bond acceptors (Lipinski definition) is 6. The Kier molecular flexibility index (Phi) is 5.65. The van der Waals surface area contributed by atoms with Crippen LogP contribution < -0.4 is 15.7 Å². The number of rotatable bonds is 5. The van der Waals surface area contributed by atoms with Crippen molar-refractivity contribution in [2.75, 3.05) is 10.0 Å². The van der Waals surface area contributed by atoms with Gasteiger partial charge >= 0.3 is 5.63 Å². The molecular formula is C24H20N2O6S. The average molecular weight is 464 g/mol. The maximum Gasteiger partial charge on any atom is 0.349 e. The average Bonchev–Trinajstić information content (AvgIpc) is 2.76. The molecule has 9 heteroatoms. The number of nitrogens with one attached hydrogen (secondary N) is 2. The first kappa shape index (κ1) is 22.1. The number of para-hydroxylation sites is 1. The lowest BCUT2D eigenvalue weighted by atomic mass is 10.1. The first-order chi connectivity index (χ1) is 15.6. The highest BCUT2D eigenvalue weighted by atomic mass is 32.2. The normalized spacial score (nSPS) is 11.3. The van der Waals surface area contributed by atoms with E-state index in [1.165, 1.54) is 48.5 Å². The topological polar surface area (TPSA) is 126 Å². The Balaban J connectivity index is 1.55. The standard InChI is InChI=1S/C24H20N2O6S/c1-14-4-3-5-15(2)22(14)26-33(30,31)19-10-7-17(8-11-19)25-23(28)20-12-16-6-9-18(27)13-21(16)32-24(20)29/h3-13,26-27H,1-2H3,(H,25,28). The molecule has 33 heavy (non-hydrogen) atoms. The number of fused-ring (bicyclic) bond motifs is 1. The van der Waals surface area contributed by atoms with Gasteiger partial charge in [0.1, 0.15) is 16.9 Å². The van der Waals surface area contributed by atoms with Crippen molar-refractivity contribution in [3.05, 3.63) is 93.8 Å². The first-order valence-corrected chi connectivity index (χ1v) is 11.4. The van der Waals surface area contributed by atoms with E-state index in [1.807, 2.05) is 32.0 Å². The maximum atomic E-state index is 12.8. The van der Waals surface area contributed by atoms with Gasteiger partial charge in [-0.3, -0.25) is 9.52 Å². The lowest BCUT2D eigenvalue weighted by Crippen LogP contribution is -2.20. The highest BCUT2D eigenvalue weighted by Crippen LogP contribution is 2.24. The molecule has 0 bridgehead atoms. The molecule has 0 aliphatic heterocycles. The fourth-order valence-electron chi connectivity index (χ4n) is 3.34. The molecule has 1 amide bonds. The number of aryl methyl sites for hydroxylation is 2. The van der Waals surface area contributed by atoms with Gasteiger partial charge in [0.15, 0.2) is 0 Å². The zero-order valence-electron chi connectivity index (χ0n) is 17.7. The van der Waals surface area contributed by atoms with Crippen LogP contribution in [-0.2, 0) is 10.0 Å². The molecule has 0 fully saturated rings. The number of phenols is 1. The van der Waals surface area contributed by atoms with E-state index >= 15 is 0 Å². The van der Waals surface area contributed by atoms with E-state index in [1.54, 1.807) is 0 Å². The lowest BCUT2D eigenvalue weighted by Gasteiger charge is -2.13. The molecule has 0 spiro atoms. The molecule has 0 saturated heterocycles. The van der Waals surface area contributed by atoms with Gasteiger partial charge in [-0.2, -0.15) is 0 Å². The smallest absolute Gasteiger partial charge is 0.349 e. The molecule has 0 aliphatic rings. The van der Waals surface area contributed by atoms with Gasteiger partial charge in [0.05, 0.1) is 10.6 Å². The number of amides is 1. The molecule has 0 unspecified atom stereocenters. The zero-order valence-corrected chi connectivity index (χ0v) is 18.6. The Morgan fingerprint density at radius 2 is 1.61 bits per heavy atom. The van der Waals surface area contributed by atoms with Gasteiger partial charge in [0.2, 0.25) is 0 Å². The third kappa shape index (κ3) is 4.58. The number of carbonyl (C=O) groups is 1. The Morgan fingerprint density at radius 3 is 2.27 bits per heavy atom. The van der Waals surface area contributed by atoms with Crippen molar-refractivity contribution in [1.82, 2.24) is 0 Å². The van der Waals surface area contributed by atoms with E-state index < -0.39 is 21.6 Å². The van der Waals surface area contributed by atoms with Gasteiger partial charge in [-0.05, 0) is 67.4 Å². The molecule has 0 radical (unpaired) electrons. The number of phenolic OH excluding ortho intramolecular Hbond substituents is 1. The second kappa shape index (κ2) is 8.44. The second-order valence-corrected chi connectivity index (χ2v) is 9.20. The van der Waals surface area contributed by atoms with Gasteiger partial charge in [-0.15, -0.1) is 0 Å². The van der Waals surface area contributed by atoms with Crippen LogP contribution in [0.1, 0.15) is 21.5 Å². The molecule has 3 aromatic carbocycles. The summed E-state index contributed by atoms with van der Waals surface area (Å²) < 4.78 is 33.3. The van der Waals surface area contributed by atoms with Crippen LogP contribution in [0.2, 0.25) is 0 Å². The summed E-state index contributed by atoms with van der Waals surface area (Å²) in [5.41, 5.74) is 1.49. The highest BCUT2D eigenvalue weighted by Gasteiger charge is 2.18. The Bertz CT molecular complexity index is 1520. The van der Waals surface area contributed by atoms with Crippen LogP contribution in [-0.4, -0.2) is 19.4 Å². The van der Waals surface area contributed by atoms with Crippen LogP contribution in [0.5, 0.6) is 5.75 Å². The summed E-state index contributed by atoms with van der Waals surface area (Å²) in [4.78, 5) is 24.8. The van der Waals surface area contributed by atoms with E-state index in [4.69, 9.17) is 4.42 Å². The molecule has 0 saturated carbocycles. The van der Waals surface area contributed by atoms with E-state index in [0.29, 0.717) is 16.8 Å². The highest BCUT2D eigenvalue weighted by molar-refractivity contribution is 7.92. The number of benzene rings is 3. The number of sulfonamides is 1. The van der Waals surface area contributed by atoms with Crippen molar-refractivity contribution in [2.24, 2.45) is 0 Å². The summed E-state index contributed by atoms with van der Waals surface area (Å²) in [5, 5.41) is 12.5. The number of anilines is 2. The van der Waals surface area contributed by atoms with Crippen LogP contribution in [0.25, 0.3) is 11.0 Å². The van der Waals surface area contributed by atoms with E-state index in [-0.39, 0.29) is 21.8 Å². The van der Waals surface area contributed by atoms with E-state index in [9.17, 15) is 23.1 Å². The summed E-state index contributed by atoms with van der Waals surface area (Å²) in [6, 6.07) is 16.6. The minimum atomic E-state index is -3.84. The number of aromatic hydroxyl groups is 1. The van der Waals surface area contributed by atoms with E-state index in [2.05, 4.69) is 10.0 Å². The monoisotopic (exact) mass is 464 g/mol. The predicted octanol–water partition coefficient (Wildman–Crippen LogP) is 4.17. The maximum absolute atomic E-state index is 12.8. The Morgan fingerprint density at radius 1 is 0.939 bits per heavy atom. The Labute approximate surface area is 189 Å². The molecule has 1 heterocycles. The van der Waals surface area contributed by atoms with Crippen LogP contribution in [0.3, 0.4) is 0 Å². The largest absolute Gasteiger partial charge is 0.508 e. The van der Waals surface area contributed by atoms with Crippen molar-refractivity contribution < 1.29 is 22.7 Å². The van der Waals surface area contributed by atoms with Crippen LogP contribution >= 0.6 is 0 Å². The van der Waals surface area contributed by atoms with Crippen molar-refractivity contribution >= 4 is 38.3 Å². The Hall–Kier alpha value is -4.11. The van der Waals surface area contributed by atoms with Gasteiger partial charge < -0.3 is 14.8 Å². The van der Waals surface area contributed by atoms with Crippen LogP contribution in [0.4, 0.5) is 11.4 Å². The van der Waals surface area contributed by atoms with Crippen LogP contribution in [0, 0.1) is 13.8 Å². The number of carbonyl (C=O) groups excluding carboxylic acids is 1. The SMILES string of the molecule is Cc1cccc(C)c1NS(=O)(=O)c1ccc(NC(=O)c2cc3ccc(O)cc3oc2=O)cc1. The third-order valence-electron chi connectivity index (χ3n) is 5.10. The van der Waals surface area contributed by atoms with Crippen molar-refractivity contribution in [1.29, 1.82) is 0 Å². The molecule has 1 aromatic heterocycles. The van der Waals surface area contributed by atoms with Crippen LogP contribution in [0.15, 0.2) is 80.8 Å². The molecule has 4 rings (SSSR count). The fourth-order valence-corrected chi connectivity index (χ4v) is 4.55. The van der Waals surface area contributed by atoms with Gasteiger partial charge in [-0.25, -0.2) is 13.2 Å². The molecule has 0 atom stereocenters. The van der Waals surface area contributed by atoms with Crippen molar-refractivity contribution in [3.63, 3.8) is 0 Å². The van der Waals surface area contributed by atoms with Gasteiger partial charge in [-0.1, -0.05) is 18.2 Å². The molecule has 3 N–H and O–H groups in total. The molecular weight excluding hydrogens is 444 g/mol. The summed E-state index contributed by atoms with van der Waals surface area (Å²) in [5.74, 6) is -0.770. The summed E-state index contributed by atoms with van der Waals surface area (Å²) in [7, 11) is -3.84. The lowest BCUT2D eigenvalue weighted by molar-refractivity contribution is 0.102. The van der Waals surface area contributed by atoms with Gasteiger partial charge in [0, 0.05) is 17.1 Å². The van der Waals surface area contributed by atoms with Gasteiger partial charge in [0.25, 0.3) is 15.9 Å². The fraction of sp³-hybridized carbons (Fsp3) is 0.0833. The third-order valence-corrected chi connectivity index (χ3v) is 6.47. The minimum absolute atomic E-state index is 0.0215. The molecule has 4 aromatic rings. The summed E-state index contributed by atoms with van der Waals surface area (Å²) in [6.45, 7) is 3.63. The molecule has 0 aliphatic carbocycles. The quantitative estimate of drug-likeness (QED) is 0.381. The minimum Gasteiger partial charge on any atom is -0.508 e. The second-order valence-electron chi connectivity index (χ2n) is 7.52.